The lowest BCUT2D eigenvalue weighted by atomic mass is 10.2. The minimum atomic E-state index is 0.599. The highest BCUT2D eigenvalue weighted by atomic mass is 16.5. The van der Waals surface area contributed by atoms with Crippen LogP contribution in [0.3, 0.4) is 0 Å². The molecule has 0 aliphatic heterocycles. The Bertz CT molecular complexity index is 730. The lowest BCUT2D eigenvalue weighted by Gasteiger charge is -2.02. The van der Waals surface area contributed by atoms with E-state index in [4.69, 9.17) is 9.15 Å². The van der Waals surface area contributed by atoms with Crippen LogP contribution >= 0.6 is 0 Å². The summed E-state index contributed by atoms with van der Waals surface area (Å²) in [5.74, 6) is 2.43. The number of imidazole rings is 1. The molecule has 2 aromatic heterocycles. The molecular weight excluding hydrogens is 266 g/mol. The zero-order valence-corrected chi connectivity index (χ0v) is 12.1. The highest BCUT2D eigenvalue weighted by Gasteiger charge is 2.09. The summed E-state index contributed by atoms with van der Waals surface area (Å²) in [7, 11) is 1.64. The van der Waals surface area contributed by atoms with E-state index in [2.05, 4.69) is 21.5 Å². The molecule has 5 heteroatoms. The summed E-state index contributed by atoms with van der Waals surface area (Å²) in [6.07, 6.45) is 6.35. The van der Waals surface area contributed by atoms with E-state index < -0.39 is 0 Å². The molecule has 2 heterocycles. The molecule has 0 saturated carbocycles. The lowest BCUT2D eigenvalue weighted by Crippen LogP contribution is -2.03. The van der Waals surface area contributed by atoms with Crippen LogP contribution in [-0.4, -0.2) is 21.6 Å². The summed E-state index contributed by atoms with van der Waals surface area (Å²) < 4.78 is 12.9. The maximum absolute atomic E-state index is 5.57. The summed E-state index contributed by atoms with van der Waals surface area (Å²) >= 11 is 0. The van der Waals surface area contributed by atoms with Crippen molar-refractivity contribution in [3.05, 3.63) is 54.4 Å². The van der Waals surface area contributed by atoms with E-state index in [-0.39, 0.29) is 0 Å². The van der Waals surface area contributed by atoms with Gasteiger partial charge < -0.3 is 13.7 Å². The Labute approximate surface area is 123 Å². The van der Waals surface area contributed by atoms with Gasteiger partial charge in [0.05, 0.1) is 19.3 Å². The molecule has 0 fully saturated rings. The normalized spacial score (nSPS) is 10.8. The average Bonchev–Trinajstić information content (AvgIpc) is 3.17. The first-order chi connectivity index (χ1) is 10.3. The molecule has 0 atom stereocenters. The van der Waals surface area contributed by atoms with Gasteiger partial charge in [0.15, 0.2) is 0 Å². The Morgan fingerprint density at radius 2 is 2.24 bits per heavy atom. The third-order valence-corrected chi connectivity index (χ3v) is 3.32. The highest BCUT2D eigenvalue weighted by Crippen LogP contribution is 2.23. The lowest BCUT2D eigenvalue weighted by molar-refractivity contribution is 0.414. The van der Waals surface area contributed by atoms with E-state index in [0.29, 0.717) is 12.4 Å². The van der Waals surface area contributed by atoms with E-state index in [0.717, 1.165) is 29.3 Å². The third-order valence-electron chi connectivity index (χ3n) is 3.32. The van der Waals surface area contributed by atoms with Crippen LogP contribution in [-0.2, 0) is 13.0 Å². The van der Waals surface area contributed by atoms with Crippen LogP contribution in [0, 0.1) is 0 Å². The van der Waals surface area contributed by atoms with E-state index >= 15 is 0 Å². The number of hydrogen-bond acceptors (Lipinski definition) is 4. The molecule has 0 N–H and O–H groups in total. The smallest absolute Gasteiger partial charge is 0.226 e. The largest absolute Gasteiger partial charge is 0.497 e. The van der Waals surface area contributed by atoms with Crippen molar-refractivity contribution in [3.8, 4) is 17.2 Å². The molecule has 0 aliphatic rings. The van der Waals surface area contributed by atoms with E-state index in [9.17, 15) is 0 Å². The first-order valence-electron chi connectivity index (χ1n) is 6.89. The molecule has 0 amide bonds. The molecule has 0 bridgehead atoms. The number of nitrogens with zero attached hydrogens (tertiary/aromatic N) is 3. The number of oxazole rings is 1. The molecule has 0 aliphatic carbocycles. The fraction of sp³-hybridized carbons (Fsp3) is 0.250. The summed E-state index contributed by atoms with van der Waals surface area (Å²) in [6, 6.07) is 7.67. The van der Waals surface area contributed by atoms with E-state index in [1.54, 1.807) is 13.4 Å². The van der Waals surface area contributed by atoms with Gasteiger partial charge in [-0.15, -0.1) is 0 Å². The Morgan fingerprint density at radius 1 is 1.33 bits per heavy atom. The second-order valence-corrected chi connectivity index (χ2v) is 4.70. The van der Waals surface area contributed by atoms with Crippen LogP contribution < -0.4 is 4.74 Å². The van der Waals surface area contributed by atoms with Gasteiger partial charge in [0.2, 0.25) is 5.89 Å². The second-order valence-electron chi connectivity index (χ2n) is 4.70. The van der Waals surface area contributed by atoms with Gasteiger partial charge in [-0.2, -0.15) is 0 Å². The van der Waals surface area contributed by atoms with Crippen molar-refractivity contribution in [2.75, 3.05) is 7.11 Å². The average molecular weight is 283 g/mol. The number of ether oxygens (including phenoxy) is 1. The molecule has 108 valence electrons. The topological polar surface area (TPSA) is 53.1 Å². The van der Waals surface area contributed by atoms with Gasteiger partial charge >= 0.3 is 0 Å². The molecule has 0 unspecified atom stereocenters. The predicted octanol–water partition coefficient (Wildman–Crippen LogP) is 3.16. The summed E-state index contributed by atoms with van der Waals surface area (Å²) in [6.45, 7) is 2.75. The van der Waals surface area contributed by atoms with Crippen LogP contribution in [0.15, 0.2) is 47.3 Å². The van der Waals surface area contributed by atoms with Crippen LogP contribution in [0.4, 0.5) is 0 Å². The summed E-state index contributed by atoms with van der Waals surface area (Å²) in [5.41, 5.74) is 1.78. The quantitative estimate of drug-likeness (QED) is 0.721. The molecule has 0 radical (unpaired) electrons. The van der Waals surface area contributed by atoms with Crippen LogP contribution in [0.25, 0.3) is 11.5 Å². The second kappa shape index (κ2) is 5.83. The molecule has 1 aromatic carbocycles. The minimum Gasteiger partial charge on any atom is -0.497 e. The maximum atomic E-state index is 5.57. The number of rotatable bonds is 5. The van der Waals surface area contributed by atoms with E-state index in [1.807, 2.05) is 36.7 Å². The highest BCUT2D eigenvalue weighted by molar-refractivity contribution is 5.55. The number of aromatic nitrogens is 3. The van der Waals surface area contributed by atoms with Crippen molar-refractivity contribution in [3.63, 3.8) is 0 Å². The van der Waals surface area contributed by atoms with Crippen molar-refractivity contribution in [1.29, 1.82) is 0 Å². The molecule has 0 saturated heterocycles. The molecule has 3 rings (SSSR count). The van der Waals surface area contributed by atoms with Crippen LogP contribution in [0.5, 0.6) is 5.75 Å². The van der Waals surface area contributed by atoms with Gasteiger partial charge in [-0.3, -0.25) is 0 Å². The number of benzene rings is 1. The van der Waals surface area contributed by atoms with E-state index in [1.165, 1.54) is 0 Å². The molecule has 0 spiro atoms. The molecule has 21 heavy (non-hydrogen) atoms. The first kappa shape index (κ1) is 13.4. The van der Waals surface area contributed by atoms with Gasteiger partial charge in [0.1, 0.15) is 17.8 Å². The fourth-order valence-electron chi connectivity index (χ4n) is 2.24. The van der Waals surface area contributed by atoms with Gasteiger partial charge in [-0.05, 0) is 18.2 Å². The Kier molecular flexibility index (Phi) is 3.73. The van der Waals surface area contributed by atoms with Gasteiger partial charge in [-0.25, -0.2) is 9.97 Å². The van der Waals surface area contributed by atoms with Gasteiger partial charge in [-0.1, -0.05) is 13.0 Å². The molecule has 5 nitrogen and oxygen atoms in total. The van der Waals surface area contributed by atoms with Crippen molar-refractivity contribution < 1.29 is 9.15 Å². The van der Waals surface area contributed by atoms with Crippen LogP contribution in [0.1, 0.15) is 18.4 Å². The summed E-state index contributed by atoms with van der Waals surface area (Å²) in [5, 5.41) is 0. The zero-order valence-electron chi connectivity index (χ0n) is 12.1. The standard InChI is InChI=1S/C16H17N3O2/c1-3-15-17-7-8-19(15)10-13-11-21-16(18-13)12-5-4-6-14(9-12)20-2/h4-9,11H,3,10H2,1-2H3. The Hall–Kier alpha value is -2.56. The monoisotopic (exact) mass is 283 g/mol. The van der Waals surface area contributed by atoms with Crippen molar-refractivity contribution >= 4 is 0 Å². The number of methoxy groups -OCH3 is 1. The van der Waals surface area contributed by atoms with Crippen molar-refractivity contribution in [2.24, 2.45) is 0 Å². The zero-order chi connectivity index (χ0) is 14.7. The third kappa shape index (κ3) is 2.81. The number of aryl methyl sites for hydroxylation is 1. The van der Waals surface area contributed by atoms with Gasteiger partial charge in [0, 0.05) is 24.4 Å². The van der Waals surface area contributed by atoms with Crippen molar-refractivity contribution in [2.45, 2.75) is 19.9 Å². The molecule has 3 aromatic rings. The number of hydrogen-bond donors (Lipinski definition) is 0. The van der Waals surface area contributed by atoms with Crippen molar-refractivity contribution in [1.82, 2.24) is 14.5 Å². The summed E-state index contributed by atoms with van der Waals surface area (Å²) in [4.78, 5) is 8.84. The Morgan fingerprint density at radius 3 is 3.05 bits per heavy atom. The maximum Gasteiger partial charge on any atom is 0.226 e. The Balaban J connectivity index is 1.83. The minimum absolute atomic E-state index is 0.599. The molecular formula is C16H17N3O2. The fourth-order valence-corrected chi connectivity index (χ4v) is 2.24. The SMILES string of the molecule is CCc1nccn1Cc1coc(-c2cccc(OC)c2)n1. The predicted molar refractivity (Wildman–Crippen MR) is 79.2 cm³/mol. The van der Waals surface area contributed by atoms with Gasteiger partial charge in [0.25, 0.3) is 0 Å². The van der Waals surface area contributed by atoms with Crippen LogP contribution in [0.2, 0.25) is 0 Å². The first-order valence-corrected chi connectivity index (χ1v) is 6.89.